The molecule has 0 spiro atoms. The minimum absolute atomic E-state index is 0.0750. The molecule has 2 saturated heterocycles. The van der Waals surface area contributed by atoms with Gasteiger partial charge in [0.25, 0.3) is 5.82 Å². The summed E-state index contributed by atoms with van der Waals surface area (Å²) in [5, 5.41) is 13.3. The third kappa shape index (κ3) is 8.06. The lowest BCUT2D eigenvalue weighted by molar-refractivity contribution is -0.845. The third-order valence-electron chi connectivity index (χ3n) is 9.56. The Bertz CT molecular complexity index is 1790. The summed E-state index contributed by atoms with van der Waals surface area (Å²) in [5.41, 5.74) is 1.50. The lowest BCUT2D eigenvalue weighted by atomic mass is 9.78. The van der Waals surface area contributed by atoms with Gasteiger partial charge in [-0.1, -0.05) is 22.8 Å². The van der Waals surface area contributed by atoms with Gasteiger partial charge in [0.05, 0.1) is 31.3 Å². The van der Waals surface area contributed by atoms with Crippen LogP contribution in [0.3, 0.4) is 0 Å². The number of ether oxygens (including phenoxy) is 2. The number of benzene rings is 2. The molecule has 4 heterocycles. The fourth-order valence-corrected chi connectivity index (χ4v) is 7.72. The molecule has 2 aliphatic rings. The van der Waals surface area contributed by atoms with Crippen molar-refractivity contribution in [1.82, 2.24) is 15.0 Å². The molecule has 256 valence electrons. The second-order valence-corrected chi connectivity index (χ2v) is 14.9. The number of rotatable bonds is 12. The number of hydrogen-bond donors (Lipinski definition) is 3. The van der Waals surface area contributed by atoms with E-state index in [4.69, 9.17) is 30.8 Å². The van der Waals surface area contributed by atoms with E-state index in [1.807, 2.05) is 24.3 Å². The third-order valence-corrected chi connectivity index (χ3v) is 10.6. The van der Waals surface area contributed by atoms with Crippen molar-refractivity contribution in [3.8, 4) is 11.5 Å². The number of anilines is 2. The van der Waals surface area contributed by atoms with Gasteiger partial charge < -0.3 is 38.8 Å². The number of methoxy groups -OCH3 is 2. The van der Waals surface area contributed by atoms with Crippen LogP contribution in [0, 0.1) is 11.8 Å². The average Bonchev–Trinajstić information content (AvgIpc) is 3.09. The first-order valence-corrected chi connectivity index (χ1v) is 18.6. The summed E-state index contributed by atoms with van der Waals surface area (Å²) < 4.78 is 29.7. The molecule has 13 nitrogen and oxygen atoms in total. The summed E-state index contributed by atoms with van der Waals surface area (Å²) in [6, 6.07) is 9.33. The van der Waals surface area contributed by atoms with Crippen molar-refractivity contribution in [3.63, 3.8) is 0 Å². The lowest BCUT2D eigenvalue weighted by Crippen LogP contribution is -2.51. The molecule has 0 bridgehead atoms. The van der Waals surface area contributed by atoms with Crippen molar-refractivity contribution in [1.29, 1.82) is 0 Å². The molecule has 2 aliphatic heterocycles. The topological polar surface area (TPSA) is 154 Å². The van der Waals surface area contributed by atoms with E-state index in [0.717, 1.165) is 86.2 Å². The summed E-state index contributed by atoms with van der Waals surface area (Å²) >= 11 is 6.38. The van der Waals surface area contributed by atoms with Crippen LogP contribution in [0.5, 0.6) is 11.5 Å². The average molecular weight is 700 g/mol. The molecule has 16 heteroatoms. The largest absolute Gasteiger partial charge is 0.575 e. The van der Waals surface area contributed by atoms with E-state index in [1.165, 1.54) is 4.73 Å². The standard InChI is InChI=1S/C32H41BClN6O7P/c1-45-29-18-26-27(19-30(29)46-2)35-20-36-32(26)39-12-6-22(7-13-39)5-11-33(41)47-40-21-37-31(25-4-3-24(34)17-28(25)40)38-14-8-23(9-15-38)10-16-48(42,43)44/h3-4,17-23,41H,5-16H2,1-2H3,(H-,42,43,44)/p+1. The van der Waals surface area contributed by atoms with Crippen molar-refractivity contribution in [2.45, 2.75) is 44.8 Å². The zero-order valence-corrected chi connectivity index (χ0v) is 28.9. The maximum absolute atomic E-state index is 11.3. The molecular weight excluding hydrogens is 658 g/mol. The Labute approximate surface area is 285 Å². The predicted molar refractivity (Wildman–Crippen MR) is 185 cm³/mol. The van der Waals surface area contributed by atoms with Gasteiger partial charge in [0, 0.05) is 48.7 Å². The highest BCUT2D eigenvalue weighted by Crippen LogP contribution is 2.39. The lowest BCUT2D eigenvalue weighted by Gasteiger charge is -2.33. The molecule has 0 atom stereocenters. The molecule has 6 rings (SSSR count). The van der Waals surface area contributed by atoms with E-state index in [-0.39, 0.29) is 12.1 Å². The number of hydrogen-bond acceptors (Lipinski definition) is 10. The molecule has 2 aromatic carbocycles. The van der Waals surface area contributed by atoms with Crippen LogP contribution in [0.15, 0.2) is 43.0 Å². The van der Waals surface area contributed by atoms with Crippen LogP contribution in [0.2, 0.25) is 11.3 Å². The Balaban J connectivity index is 1.05. The maximum Gasteiger partial charge on any atom is 0.575 e. The zero-order chi connectivity index (χ0) is 33.8. The van der Waals surface area contributed by atoms with Crippen molar-refractivity contribution in [2.75, 3.05) is 56.4 Å². The summed E-state index contributed by atoms with van der Waals surface area (Å²) in [5.74, 6) is 3.65. The molecule has 2 aromatic heterocycles. The molecule has 0 unspecified atom stereocenters. The summed E-state index contributed by atoms with van der Waals surface area (Å²) in [6.07, 6.45) is 8.47. The Morgan fingerprint density at radius 2 is 1.52 bits per heavy atom. The van der Waals surface area contributed by atoms with Crippen LogP contribution in [0.25, 0.3) is 21.8 Å². The predicted octanol–water partition coefficient (Wildman–Crippen LogP) is 4.14. The zero-order valence-electron chi connectivity index (χ0n) is 27.2. The number of nitrogens with zero attached hydrogens (tertiary/aromatic N) is 6. The second-order valence-electron chi connectivity index (χ2n) is 12.7. The van der Waals surface area contributed by atoms with Crippen molar-refractivity contribution in [3.05, 3.63) is 48.0 Å². The molecule has 0 saturated carbocycles. The van der Waals surface area contributed by atoms with Crippen LogP contribution in [0.1, 0.15) is 38.5 Å². The highest BCUT2D eigenvalue weighted by molar-refractivity contribution is 7.51. The quantitative estimate of drug-likeness (QED) is 0.111. The second kappa shape index (κ2) is 15.0. The van der Waals surface area contributed by atoms with Gasteiger partial charge in [-0.2, -0.15) is 0 Å². The first-order valence-electron chi connectivity index (χ1n) is 16.4. The van der Waals surface area contributed by atoms with Crippen LogP contribution >= 0.6 is 19.2 Å². The molecular formula is C32H42BClN6O7P+. The molecule has 0 aliphatic carbocycles. The number of piperidine rings is 2. The Kier molecular flexibility index (Phi) is 10.8. The van der Waals surface area contributed by atoms with Crippen LogP contribution in [0.4, 0.5) is 11.6 Å². The fraction of sp³-hybridized carbons (Fsp3) is 0.500. The van der Waals surface area contributed by atoms with E-state index in [2.05, 4.69) is 19.8 Å². The van der Waals surface area contributed by atoms with Crippen molar-refractivity contribution in [2.24, 2.45) is 11.8 Å². The number of halogens is 1. The molecule has 2 fully saturated rings. The Morgan fingerprint density at radius 3 is 2.17 bits per heavy atom. The molecule has 0 radical (unpaired) electrons. The summed E-state index contributed by atoms with van der Waals surface area (Å²) in [7, 11) is -1.79. The molecule has 4 aromatic rings. The van der Waals surface area contributed by atoms with E-state index >= 15 is 0 Å². The van der Waals surface area contributed by atoms with E-state index in [0.29, 0.717) is 40.7 Å². The van der Waals surface area contributed by atoms with Crippen molar-refractivity contribution >= 4 is 59.8 Å². The van der Waals surface area contributed by atoms with Gasteiger partial charge in [-0.15, -0.1) is 0 Å². The monoisotopic (exact) mass is 699 g/mol. The smallest absolute Gasteiger partial charge is 0.493 e. The highest BCUT2D eigenvalue weighted by Gasteiger charge is 2.30. The maximum atomic E-state index is 11.3. The Hall–Kier alpha value is -3.42. The van der Waals surface area contributed by atoms with Crippen LogP contribution in [-0.2, 0) is 4.57 Å². The number of fused-ring (bicyclic) bond motifs is 2. The van der Waals surface area contributed by atoms with Crippen LogP contribution < -0.4 is 28.8 Å². The van der Waals surface area contributed by atoms with Gasteiger partial charge in [-0.25, -0.2) is 9.97 Å². The Morgan fingerprint density at radius 1 is 0.896 bits per heavy atom. The van der Waals surface area contributed by atoms with Crippen molar-refractivity contribution < 1.29 is 38.3 Å². The van der Waals surface area contributed by atoms with E-state index in [1.54, 1.807) is 32.9 Å². The van der Waals surface area contributed by atoms with Gasteiger partial charge >= 0.3 is 21.0 Å². The molecule has 0 amide bonds. The van der Waals surface area contributed by atoms with Gasteiger partial charge in [0.15, 0.2) is 17.0 Å². The summed E-state index contributed by atoms with van der Waals surface area (Å²) in [4.78, 5) is 36.7. The SMILES string of the molecule is COc1cc2ncnc(N3CCC(CCB(O)O[n+]4cnc(N5CCC(CCP(=O)(O)O)CC5)c5ccc(Cl)cc54)CC3)c2cc1OC. The van der Waals surface area contributed by atoms with Crippen LogP contribution in [-0.4, -0.2) is 83.4 Å². The first-order chi connectivity index (χ1) is 23.1. The number of aromatic nitrogens is 4. The van der Waals surface area contributed by atoms with Gasteiger partial charge in [-0.05, 0) is 73.4 Å². The highest BCUT2D eigenvalue weighted by atomic mass is 35.5. The molecule has 48 heavy (non-hydrogen) atoms. The minimum Gasteiger partial charge on any atom is -0.493 e. The minimum atomic E-state index is -3.99. The molecule has 3 N–H and O–H groups in total. The van der Waals surface area contributed by atoms with E-state index < -0.39 is 14.7 Å². The summed E-state index contributed by atoms with van der Waals surface area (Å²) in [6.45, 7) is 3.15. The van der Waals surface area contributed by atoms with Gasteiger partial charge in [0.2, 0.25) is 0 Å². The van der Waals surface area contributed by atoms with E-state index in [9.17, 15) is 19.4 Å². The first kappa shape index (κ1) is 34.4. The van der Waals surface area contributed by atoms with Gasteiger partial charge in [-0.3, -0.25) is 4.57 Å². The fourth-order valence-electron chi connectivity index (χ4n) is 6.85. The van der Waals surface area contributed by atoms with Gasteiger partial charge in [0.1, 0.15) is 12.1 Å². The normalized spacial score (nSPS) is 16.5.